The second-order valence-corrected chi connectivity index (χ2v) is 6.56. The Bertz CT molecular complexity index is 198. The van der Waals surface area contributed by atoms with Crippen molar-refractivity contribution < 1.29 is 4.74 Å². The first-order chi connectivity index (χ1) is 7.85. The molecule has 0 bridgehead atoms. The number of rotatable bonds is 5. The zero-order valence-electron chi connectivity index (χ0n) is 10.5. The van der Waals surface area contributed by atoms with E-state index in [1.807, 2.05) is 11.8 Å². The van der Waals surface area contributed by atoms with Gasteiger partial charge in [0, 0.05) is 24.5 Å². The summed E-state index contributed by atoms with van der Waals surface area (Å²) >= 11 is 2.03. The second-order valence-electron chi connectivity index (χ2n) is 5.28. The fraction of sp³-hybridized carbons (Fsp3) is 1.00. The highest BCUT2D eigenvalue weighted by Gasteiger charge is 2.31. The van der Waals surface area contributed by atoms with Gasteiger partial charge in [-0.1, -0.05) is 12.8 Å². The molecule has 0 atom stereocenters. The highest BCUT2D eigenvalue weighted by molar-refractivity contribution is 8.00. The number of thioether (sulfide) groups is 1. The molecular formula is C13H25NOS. The Morgan fingerprint density at radius 2 is 1.94 bits per heavy atom. The van der Waals surface area contributed by atoms with Crippen LogP contribution in [-0.4, -0.2) is 37.3 Å². The molecule has 1 aliphatic heterocycles. The third kappa shape index (κ3) is 3.38. The van der Waals surface area contributed by atoms with Crippen molar-refractivity contribution in [1.82, 2.24) is 5.32 Å². The molecule has 1 N–H and O–H groups in total. The van der Waals surface area contributed by atoms with Gasteiger partial charge in [0.15, 0.2) is 0 Å². The number of nitrogens with one attached hydrogen (secondary N) is 1. The van der Waals surface area contributed by atoms with Crippen molar-refractivity contribution in [2.24, 2.45) is 5.92 Å². The van der Waals surface area contributed by atoms with Crippen LogP contribution in [0.1, 0.15) is 38.5 Å². The first-order valence-electron chi connectivity index (χ1n) is 6.68. The van der Waals surface area contributed by atoms with Gasteiger partial charge in [0.2, 0.25) is 0 Å². The number of ether oxygens (including phenoxy) is 1. The van der Waals surface area contributed by atoms with Crippen molar-refractivity contribution in [2.45, 2.75) is 43.3 Å². The molecule has 2 fully saturated rings. The average molecular weight is 243 g/mol. The van der Waals surface area contributed by atoms with E-state index in [4.69, 9.17) is 4.74 Å². The van der Waals surface area contributed by atoms with Gasteiger partial charge in [-0.2, -0.15) is 11.8 Å². The van der Waals surface area contributed by atoms with Crippen molar-refractivity contribution in [1.29, 1.82) is 0 Å². The molecule has 1 aliphatic carbocycles. The van der Waals surface area contributed by atoms with Crippen LogP contribution in [0.2, 0.25) is 0 Å². The molecule has 16 heavy (non-hydrogen) atoms. The molecule has 2 aliphatic rings. The number of hydrogen-bond donors (Lipinski definition) is 1. The van der Waals surface area contributed by atoms with Crippen LogP contribution >= 0.6 is 11.8 Å². The predicted molar refractivity (Wildman–Crippen MR) is 71.1 cm³/mol. The lowest BCUT2D eigenvalue weighted by Gasteiger charge is -2.36. The lowest BCUT2D eigenvalue weighted by molar-refractivity contribution is 0.0770. The van der Waals surface area contributed by atoms with Crippen molar-refractivity contribution >= 4 is 11.8 Å². The van der Waals surface area contributed by atoms with Gasteiger partial charge in [-0.25, -0.2) is 0 Å². The predicted octanol–water partition coefficient (Wildman–Crippen LogP) is 2.68. The van der Waals surface area contributed by atoms with Gasteiger partial charge in [0.1, 0.15) is 0 Å². The van der Waals surface area contributed by atoms with E-state index in [9.17, 15) is 0 Å². The largest absolute Gasteiger partial charge is 0.381 e. The first-order valence-corrected chi connectivity index (χ1v) is 7.91. The Morgan fingerprint density at radius 1 is 1.25 bits per heavy atom. The summed E-state index contributed by atoms with van der Waals surface area (Å²) in [7, 11) is 0. The molecule has 2 rings (SSSR count). The van der Waals surface area contributed by atoms with Crippen LogP contribution in [0.15, 0.2) is 0 Å². The molecule has 0 amide bonds. The second kappa shape index (κ2) is 6.27. The molecule has 1 saturated heterocycles. The molecular weight excluding hydrogens is 218 g/mol. The third-order valence-corrected chi connectivity index (χ3v) is 5.61. The van der Waals surface area contributed by atoms with Gasteiger partial charge in [-0.05, 0) is 44.4 Å². The Morgan fingerprint density at radius 3 is 2.56 bits per heavy atom. The fourth-order valence-electron chi connectivity index (χ4n) is 2.92. The molecule has 94 valence electrons. The van der Waals surface area contributed by atoms with E-state index < -0.39 is 0 Å². The van der Waals surface area contributed by atoms with E-state index in [2.05, 4.69) is 11.6 Å². The summed E-state index contributed by atoms with van der Waals surface area (Å²) in [6.07, 6.45) is 10.5. The van der Waals surface area contributed by atoms with Crippen LogP contribution in [0.3, 0.4) is 0 Å². The molecule has 0 aromatic rings. The van der Waals surface area contributed by atoms with Gasteiger partial charge in [-0.3, -0.25) is 0 Å². The summed E-state index contributed by atoms with van der Waals surface area (Å²) in [6.45, 7) is 4.31. The van der Waals surface area contributed by atoms with E-state index >= 15 is 0 Å². The van der Waals surface area contributed by atoms with E-state index in [1.54, 1.807) is 0 Å². The smallest absolute Gasteiger partial charge is 0.0479 e. The molecule has 0 aromatic carbocycles. The Balaban J connectivity index is 1.69. The third-order valence-electron chi connectivity index (χ3n) is 4.19. The van der Waals surface area contributed by atoms with Crippen LogP contribution < -0.4 is 5.32 Å². The fourth-order valence-corrected chi connectivity index (χ4v) is 3.74. The lowest BCUT2D eigenvalue weighted by atomic mass is 9.98. The summed E-state index contributed by atoms with van der Waals surface area (Å²) < 4.78 is 5.92. The van der Waals surface area contributed by atoms with E-state index in [0.29, 0.717) is 4.75 Å². The maximum absolute atomic E-state index is 5.47. The Kier molecular flexibility index (Phi) is 4.98. The molecule has 1 heterocycles. The van der Waals surface area contributed by atoms with E-state index in [1.165, 1.54) is 51.6 Å². The minimum absolute atomic E-state index is 0.455. The minimum Gasteiger partial charge on any atom is -0.381 e. The molecule has 0 spiro atoms. The molecule has 0 radical (unpaired) electrons. The van der Waals surface area contributed by atoms with E-state index in [0.717, 1.165) is 19.1 Å². The Hall–Kier alpha value is 0.270. The normalized spacial score (nSPS) is 26.1. The number of hydrogen-bond acceptors (Lipinski definition) is 3. The summed E-state index contributed by atoms with van der Waals surface area (Å²) in [4.78, 5) is 0. The summed E-state index contributed by atoms with van der Waals surface area (Å²) in [5.74, 6) is 0.957. The van der Waals surface area contributed by atoms with E-state index in [-0.39, 0.29) is 0 Å². The van der Waals surface area contributed by atoms with Gasteiger partial charge in [0.05, 0.1) is 0 Å². The van der Waals surface area contributed by atoms with Crippen LogP contribution in [0.25, 0.3) is 0 Å². The summed E-state index contributed by atoms with van der Waals surface area (Å²) in [5.41, 5.74) is 0. The summed E-state index contributed by atoms with van der Waals surface area (Å²) in [6, 6.07) is 0. The van der Waals surface area contributed by atoms with Crippen LogP contribution in [-0.2, 0) is 4.74 Å². The average Bonchev–Trinajstić information content (AvgIpc) is 2.83. The maximum Gasteiger partial charge on any atom is 0.0479 e. The molecule has 2 nitrogen and oxygen atoms in total. The topological polar surface area (TPSA) is 21.3 Å². The monoisotopic (exact) mass is 243 g/mol. The quantitative estimate of drug-likeness (QED) is 0.802. The standard InChI is InChI=1S/C13H25NOS/c1-16-13(6-8-15-9-7-13)11-14-10-12-4-2-3-5-12/h12,14H,2-11H2,1H3. The van der Waals surface area contributed by atoms with Gasteiger partial charge >= 0.3 is 0 Å². The Labute approximate surface area is 104 Å². The van der Waals surface area contributed by atoms with Crippen molar-refractivity contribution in [3.8, 4) is 0 Å². The SMILES string of the molecule is CSC1(CNCC2CCCC2)CCOCC1. The van der Waals surface area contributed by atoms with Crippen LogP contribution in [0.4, 0.5) is 0 Å². The van der Waals surface area contributed by atoms with Gasteiger partial charge in [-0.15, -0.1) is 0 Å². The maximum atomic E-state index is 5.47. The molecule has 0 unspecified atom stereocenters. The molecule has 1 saturated carbocycles. The molecule has 0 aromatic heterocycles. The van der Waals surface area contributed by atoms with Crippen LogP contribution in [0, 0.1) is 5.92 Å². The van der Waals surface area contributed by atoms with Crippen LogP contribution in [0.5, 0.6) is 0 Å². The minimum atomic E-state index is 0.455. The lowest BCUT2D eigenvalue weighted by Crippen LogP contribution is -2.43. The first kappa shape index (κ1) is 12.7. The zero-order valence-corrected chi connectivity index (χ0v) is 11.3. The molecule has 3 heteroatoms. The van der Waals surface area contributed by atoms with Crippen molar-refractivity contribution in [3.05, 3.63) is 0 Å². The highest BCUT2D eigenvalue weighted by Crippen LogP contribution is 2.33. The van der Waals surface area contributed by atoms with Crippen molar-refractivity contribution in [2.75, 3.05) is 32.6 Å². The summed E-state index contributed by atoms with van der Waals surface area (Å²) in [5, 5.41) is 3.71. The van der Waals surface area contributed by atoms with Crippen molar-refractivity contribution in [3.63, 3.8) is 0 Å². The highest BCUT2D eigenvalue weighted by atomic mass is 32.2. The van der Waals surface area contributed by atoms with Gasteiger partial charge < -0.3 is 10.1 Å². The zero-order chi connectivity index (χ0) is 11.3. The van der Waals surface area contributed by atoms with Gasteiger partial charge in [0.25, 0.3) is 0 Å².